The van der Waals surface area contributed by atoms with E-state index in [9.17, 15) is 5.11 Å². The van der Waals surface area contributed by atoms with Crippen molar-refractivity contribution in [2.45, 2.75) is 38.0 Å². The summed E-state index contributed by atoms with van der Waals surface area (Å²) in [5.74, 6) is 0. The summed E-state index contributed by atoms with van der Waals surface area (Å²) in [6, 6.07) is 0.362. The minimum Gasteiger partial charge on any atom is -0.388 e. The molecule has 1 saturated heterocycles. The van der Waals surface area contributed by atoms with Crippen molar-refractivity contribution >= 4 is 11.6 Å². The number of aliphatic hydroxyl groups excluding tert-OH is 1. The third-order valence-electron chi connectivity index (χ3n) is 4.47. The van der Waals surface area contributed by atoms with Crippen molar-refractivity contribution in [3.05, 3.63) is 34.9 Å². The highest BCUT2D eigenvalue weighted by Gasteiger charge is 2.28. The van der Waals surface area contributed by atoms with Crippen molar-refractivity contribution in [3.8, 4) is 0 Å². The van der Waals surface area contributed by atoms with Crippen LogP contribution in [0.3, 0.4) is 0 Å². The van der Waals surface area contributed by atoms with Gasteiger partial charge in [-0.15, -0.1) is 0 Å². The van der Waals surface area contributed by atoms with Gasteiger partial charge in [0.05, 0.1) is 29.2 Å². The van der Waals surface area contributed by atoms with Gasteiger partial charge in [0.15, 0.2) is 0 Å². The van der Waals surface area contributed by atoms with Gasteiger partial charge in [0.2, 0.25) is 0 Å². The maximum atomic E-state index is 10.4. The standard InChI is InChI=1S/C15H22ClN5O/c1-19-9-11(7-17-19)15(22)6-12-4-3-5-21(12)10-14-13(16)8-18-20(14)2/h7-9,12,15,22H,3-6,10H2,1-2H3. The fourth-order valence-corrected chi connectivity index (χ4v) is 3.41. The van der Waals surface area contributed by atoms with Crippen molar-refractivity contribution < 1.29 is 5.11 Å². The molecule has 0 aliphatic carbocycles. The van der Waals surface area contributed by atoms with E-state index in [1.54, 1.807) is 17.1 Å². The quantitative estimate of drug-likeness (QED) is 0.913. The maximum Gasteiger partial charge on any atom is 0.0835 e. The number of likely N-dealkylation sites (tertiary alicyclic amines) is 1. The monoisotopic (exact) mass is 323 g/mol. The first-order valence-electron chi connectivity index (χ1n) is 7.61. The predicted octanol–water partition coefficient (Wildman–Crippen LogP) is 1.90. The molecule has 2 atom stereocenters. The number of nitrogens with zero attached hydrogens (tertiary/aromatic N) is 5. The molecule has 120 valence electrons. The lowest BCUT2D eigenvalue weighted by Crippen LogP contribution is -2.31. The van der Waals surface area contributed by atoms with E-state index in [0.29, 0.717) is 11.1 Å². The van der Waals surface area contributed by atoms with Gasteiger partial charge in [-0.25, -0.2) is 0 Å². The fraction of sp³-hybridized carbons (Fsp3) is 0.600. The maximum absolute atomic E-state index is 10.4. The first kappa shape index (κ1) is 15.5. The van der Waals surface area contributed by atoms with E-state index in [4.69, 9.17) is 11.6 Å². The van der Waals surface area contributed by atoms with Gasteiger partial charge < -0.3 is 5.11 Å². The van der Waals surface area contributed by atoms with E-state index in [2.05, 4.69) is 15.1 Å². The first-order valence-corrected chi connectivity index (χ1v) is 7.99. The Labute approximate surface area is 135 Å². The Balaban J connectivity index is 1.66. The van der Waals surface area contributed by atoms with Gasteiger partial charge in [0, 0.05) is 38.4 Å². The van der Waals surface area contributed by atoms with Crippen LogP contribution in [-0.2, 0) is 20.6 Å². The third kappa shape index (κ3) is 3.19. The lowest BCUT2D eigenvalue weighted by atomic mass is 10.0. The Kier molecular flexibility index (Phi) is 4.52. The van der Waals surface area contributed by atoms with Gasteiger partial charge in [-0.2, -0.15) is 10.2 Å². The van der Waals surface area contributed by atoms with Crippen LogP contribution in [0, 0.1) is 0 Å². The largest absolute Gasteiger partial charge is 0.388 e. The van der Waals surface area contributed by atoms with E-state index in [-0.39, 0.29) is 0 Å². The van der Waals surface area contributed by atoms with E-state index >= 15 is 0 Å². The molecule has 22 heavy (non-hydrogen) atoms. The second-order valence-corrected chi connectivity index (χ2v) is 6.44. The molecule has 2 unspecified atom stereocenters. The molecule has 1 aliphatic rings. The average Bonchev–Trinajstić information content (AvgIpc) is 3.17. The normalized spacial score (nSPS) is 20.6. The molecule has 0 saturated carbocycles. The van der Waals surface area contributed by atoms with Crippen LogP contribution >= 0.6 is 11.6 Å². The van der Waals surface area contributed by atoms with Gasteiger partial charge >= 0.3 is 0 Å². The second-order valence-electron chi connectivity index (χ2n) is 6.03. The Morgan fingerprint density at radius 3 is 2.82 bits per heavy atom. The van der Waals surface area contributed by atoms with E-state index < -0.39 is 6.10 Å². The van der Waals surface area contributed by atoms with Gasteiger partial charge in [-0.05, 0) is 25.8 Å². The molecular weight excluding hydrogens is 302 g/mol. The molecule has 0 bridgehead atoms. The Morgan fingerprint density at radius 2 is 2.18 bits per heavy atom. The Bertz CT molecular complexity index is 618. The van der Waals surface area contributed by atoms with E-state index in [1.807, 2.05) is 25.0 Å². The van der Waals surface area contributed by atoms with Gasteiger partial charge in [0.25, 0.3) is 0 Å². The van der Waals surface area contributed by atoms with Crippen molar-refractivity contribution in [3.63, 3.8) is 0 Å². The van der Waals surface area contributed by atoms with Crippen LogP contribution in [0.1, 0.15) is 36.6 Å². The molecule has 2 aromatic rings. The highest BCUT2D eigenvalue weighted by molar-refractivity contribution is 6.31. The molecule has 0 spiro atoms. The molecule has 1 aliphatic heterocycles. The number of hydrogen-bond acceptors (Lipinski definition) is 4. The molecular formula is C15H22ClN5O. The van der Waals surface area contributed by atoms with Crippen LogP contribution in [0.25, 0.3) is 0 Å². The molecule has 1 N–H and O–H groups in total. The summed E-state index contributed by atoms with van der Waals surface area (Å²) in [7, 11) is 3.78. The zero-order chi connectivity index (χ0) is 15.7. The summed E-state index contributed by atoms with van der Waals surface area (Å²) in [6.45, 7) is 1.81. The van der Waals surface area contributed by atoms with Crippen LogP contribution in [0.5, 0.6) is 0 Å². The minimum atomic E-state index is -0.471. The molecule has 0 aromatic carbocycles. The average molecular weight is 324 g/mol. The smallest absolute Gasteiger partial charge is 0.0835 e. The van der Waals surface area contributed by atoms with Crippen LogP contribution < -0.4 is 0 Å². The number of hydrogen-bond donors (Lipinski definition) is 1. The summed E-state index contributed by atoms with van der Waals surface area (Å²) in [4.78, 5) is 2.39. The topological polar surface area (TPSA) is 59.1 Å². The summed E-state index contributed by atoms with van der Waals surface area (Å²) in [5, 5.41) is 19.5. The van der Waals surface area contributed by atoms with Gasteiger partial charge in [-0.1, -0.05) is 11.6 Å². The van der Waals surface area contributed by atoms with Crippen molar-refractivity contribution in [1.29, 1.82) is 0 Å². The third-order valence-corrected chi connectivity index (χ3v) is 4.78. The summed E-state index contributed by atoms with van der Waals surface area (Å²) < 4.78 is 3.55. The molecule has 1 fully saturated rings. The van der Waals surface area contributed by atoms with Crippen molar-refractivity contribution in [1.82, 2.24) is 24.5 Å². The predicted molar refractivity (Wildman–Crippen MR) is 84.4 cm³/mol. The molecule has 0 amide bonds. The molecule has 0 radical (unpaired) electrons. The van der Waals surface area contributed by atoms with Crippen molar-refractivity contribution in [2.24, 2.45) is 14.1 Å². The lowest BCUT2D eigenvalue weighted by molar-refractivity contribution is 0.117. The zero-order valence-corrected chi connectivity index (χ0v) is 13.7. The van der Waals surface area contributed by atoms with Crippen LogP contribution in [-0.4, -0.2) is 42.2 Å². The summed E-state index contributed by atoms with van der Waals surface area (Å²) in [6.07, 6.45) is 7.81. The minimum absolute atomic E-state index is 0.362. The number of aryl methyl sites for hydroxylation is 2. The molecule has 6 nitrogen and oxygen atoms in total. The molecule has 3 heterocycles. The zero-order valence-electron chi connectivity index (χ0n) is 13.0. The highest BCUT2D eigenvalue weighted by Crippen LogP contribution is 2.29. The number of halogens is 1. The number of aromatic nitrogens is 4. The number of rotatable bonds is 5. The molecule has 7 heteroatoms. The van der Waals surface area contributed by atoms with Gasteiger partial charge in [0.1, 0.15) is 0 Å². The summed E-state index contributed by atoms with van der Waals surface area (Å²) in [5.41, 5.74) is 1.91. The Morgan fingerprint density at radius 1 is 1.36 bits per heavy atom. The second kappa shape index (κ2) is 6.40. The highest BCUT2D eigenvalue weighted by atomic mass is 35.5. The van der Waals surface area contributed by atoms with E-state index in [1.165, 1.54) is 0 Å². The lowest BCUT2D eigenvalue weighted by Gasteiger charge is -2.26. The van der Waals surface area contributed by atoms with Crippen LogP contribution in [0.4, 0.5) is 0 Å². The Hall–Kier alpha value is -1.37. The van der Waals surface area contributed by atoms with E-state index in [0.717, 1.165) is 43.6 Å². The van der Waals surface area contributed by atoms with Gasteiger partial charge in [-0.3, -0.25) is 14.3 Å². The first-order chi connectivity index (χ1) is 10.5. The number of aliphatic hydroxyl groups is 1. The summed E-state index contributed by atoms with van der Waals surface area (Å²) >= 11 is 6.21. The fourth-order valence-electron chi connectivity index (χ4n) is 3.18. The molecule has 2 aromatic heterocycles. The SMILES string of the molecule is Cn1cc(C(O)CC2CCCN2Cc2c(Cl)cnn2C)cn1. The van der Waals surface area contributed by atoms with Crippen molar-refractivity contribution in [2.75, 3.05) is 6.54 Å². The van der Waals surface area contributed by atoms with Crippen LogP contribution in [0.2, 0.25) is 5.02 Å². The molecule has 3 rings (SSSR count). The van der Waals surface area contributed by atoms with Crippen LogP contribution in [0.15, 0.2) is 18.6 Å².